The number of benzene rings is 1. The maximum Gasteiger partial charge on any atom is 0.349 e. The van der Waals surface area contributed by atoms with Crippen LogP contribution in [0.1, 0.15) is 19.4 Å². The fraction of sp³-hybridized carbons (Fsp3) is 0.188. The third-order valence-electron chi connectivity index (χ3n) is 2.78. The number of rotatable bonds is 4. The van der Waals surface area contributed by atoms with Gasteiger partial charge in [0, 0.05) is 11.1 Å². The third-order valence-corrected chi connectivity index (χ3v) is 2.78. The standard InChI is InChI=1S/C16H14FN3O2/c1-10(2)22-16(21)12(8-18)7-13-9-19-20-15(13)11-3-5-14(17)6-4-11/h3-7,9-10H,1-2H3,(H,19,20). The SMILES string of the molecule is CC(C)OC(=O)C(C#N)=Cc1cn[nH]c1-c1ccc(F)cc1. The number of hydrogen-bond donors (Lipinski definition) is 1. The molecule has 112 valence electrons. The van der Waals surface area contributed by atoms with Crippen molar-refractivity contribution in [2.45, 2.75) is 20.0 Å². The van der Waals surface area contributed by atoms with E-state index in [1.165, 1.54) is 24.4 Å². The molecule has 1 aromatic heterocycles. The van der Waals surface area contributed by atoms with E-state index in [0.29, 0.717) is 16.8 Å². The summed E-state index contributed by atoms with van der Waals surface area (Å²) in [5, 5.41) is 15.8. The first-order valence-electron chi connectivity index (χ1n) is 6.63. The zero-order valence-corrected chi connectivity index (χ0v) is 12.1. The minimum Gasteiger partial charge on any atom is -0.459 e. The number of nitrogens with one attached hydrogen (secondary N) is 1. The fourth-order valence-electron chi connectivity index (χ4n) is 1.82. The van der Waals surface area contributed by atoms with E-state index in [-0.39, 0.29) is 17.5 Å². The predicted molar refractivity (Wildman–Crippen MR) is 78.8 cm³/mol. The summed E-state index contributed by atoms with van der Waals surface area (Å²) in [6, 6.07) is 7.62. The molecule has 0 aliphatic heterocycles. The summed E-state index contributed by atoms with van der Waals surface area (Å²) in [7, 11) is 0. The number of carbonyl (C=O) groups excluding carboxylic acids is 1. The molecule has 0 unspecified atom stereocenters. The zero-order valence-electron chi connectivity index (χ0n) is 12.1. The summed E-state index contributed by atoms with van der Waals surface area (Å²) in [5.41, 5.74) is 1.70. The molecule has 0 aliphatic carbocycles. The molecule has 0 radical (unpaired) electrons. The highest BCUT2D eigenvalue weighted by molar-refractivity contribution is 5.98. The summed E-state index contributed by atoms with van der Waals surface area (Å²) < 4.78 is 18.0. The van der Waals surface area contributed by atoms with Crippen LogP contribution in [0, 0.1) is 17.1 Å². The van der Waals surface area contributed by atoms with Crippen LogP contribution in [0.5, 0.6) is 0 Å². The number of aromatic amines is 1. The van der Waals surface area contributed by atoms with Crippen molar-refractivity contribution >= 4 is 12.0 Å². The van der Waals surface area contributed by atoms with Crippen LogP contribution in [-0.4, -0.2) is 22.3 Å². The molecule has 1 aromatic carbocycles. The van der Waals surface area contributed by atoms with E-state index < -0.39 is 5.97 Å². The number of esters is 1. The molecule has 0 fully saturated rings. The lowest BCUT2D eigenvalue weighted by Gasteiger charge is -2.06. The number of nitrogens with zero attached hydrogens (tertiary/aromatic N) is 2. The molecule has 0 spiro atoms. The highest BCUT2D eigenvalue weighted by atomic mass is 19.1. The van der Waals surface area contributed by atoms with Gasteiger partial charge in [0.25, 0.3) is 0 Å². The fourth-order valence-corrected chi connectivity index (χ4v) is 1.82. The maximum atomic E-state index is 13.0. The molecule has 0 atom stereocenters. The molecule has 22 heavy (non-hydrogen) atoms. The molecule has 0 saturated carbocycles. The van der Waals surface area contributed by atoms with Crippen LogP contribution in [-0.2, 0) is 9.53 Å². The number of aromatic nitrogens is 2. The number of hydrogen-bond acceptors (Lipinski definition) is 4. The predicted octanol–water partition coefficient (Wildman–Crippen LogP) is 3.07. The molecular weight excluding hydrogens is 285 g/mol. The van der Waals surface area contributed by atoms with Gasteiger partial charge in [-0.2, -0.15) is 10.4 Å². The van der Waals surface area contributed by atoms with Crippen LogP contribution >= 0.6 is 0 Å². The molecule has 2 rings (SSSR count). The van der Waals surface area contributed by atoms with Gasteiger partial charge in [0.05, 0.1) is 18.0 Å². The Balaban J connectivity index is 2.36. The van der Waals surface area contributed by atoms with Gasteiger partial charge in [0.2, 0.25) is 0 Å². The van der Waals surface area contributed by atoms with Crippen molar-refractivity contribution in [3.05, 3.63) is 47.4 Å². The van der Waals surface area contributed by atoms with Crippen molar-refractivity contribution in [2.24, 2.45) is 0 Å². The van der Waals surface area contributed by atoms with Gasteiger partial charge in [-0.15, -0.1) is 0 Å². The van der Waals surface area contributed by atoms with Crippen molar-refractivity contribution in [3.63, 3.8) is 0 Å². The van der Waals surface area contributed by atoms with Gasteiger partial charge >= 0.3 is 5.97 Å². The Morgan fingerprint density at radius 1 is 1.41 bits per heavy atom. The Hall–Kier alpha value is -2.94. The number of H-pyrrole nitrogens is 1. The second-order valence-corrected chi connectivity index (χ2v) is 4.83. The lowest BCUT2D eigenvalue weighted by Crippen LogP contribution is -2.12. The minimum atomic E-state index is -0.691. The molecule has 0 aliphatic rings. The second kappa shape index (κ2) is 6.68. The van der Waals surface area contributed by atoms with Gasteiger partial charge in [-0.25, -0.2) is 9.18 Å². The van der Waals surface area contributed by atoms with E-state index in [0.717, 1.165) is 0 Å². The lowest BCUT2D eigenvalue weighted by molar-refractivity contribution is -0.142. The van der Waals surface area contributed by atoms with Crippen molar-refractivity contribution in [2.75, 3.05) is 0 Å². The largest absolute Gasteiger partial charge is 0.459 e. The number of halogens is 1. The molecule has 0 saturated heterocycles. The second-order valence-electron chi connectivity index (χ2n) is 4.83. The molecule has 5 nitrogen and oxygen atoms in total. The molecule has 0 bridgehead atoms. The van der Waals surface area contributed by atoms with E-state index in [2.05, 4.69) is 10.2 Å². The molecule has 0 amide bonds. The Morgan fingerprint density at radius 3 is 2.68 bits per heavy atom. The first kappa shape index (κ1) is 15.4. The summed E-state index contributed by atoms with van der Waals surface area (Å²) in [6.07, 6.45) is 2.57. The average molecular weight is 299 g/mol. The molecule has 1 heterocycles. The zero-order chi connectivity index (χ0) is 16.1. The minimum absolute atomic E-state index is 0.126. The van der Waals surface area contributed by atoms with Crippen LogP contribution in [0.25, 0.3) is 17.3 Å². The average Bonchev–Trinajstić information content (AvgIpc) is 2.92. The Labute approximate surface area is 127 Å². The maximum absolute atomic E-state index is 13.0. The lowest BCUT2D eigenvalue weighted by atomic mass is 10.1. The first-order chi connectivity index (χ1) is 10.5. The quantitative estimate of drug-likeness (QED) is 0.534. The van der Waals surface area contributed by atoms with Gasteiger partial charge in [-0.05, 0) is 44.2 Å². The van der Waals surface area contributed by atoms with Gasteiger partial charge in [-0.1, -0.05) is 0 Å². The smallest absolute Gasteiger partial charge is 0.349 e. The summed E-state index contributed by atoms with van der Waals surface area (Å²) in [5.74, 6) is -1.04. The Morgan fingerprint density at radius 2 is 2.09 bits per heavy atom. The Kier molecular flexibility index (Phi) is 4.69. The van der Waals surface area contributed by atoms with Crippen molar-refractivity contribution in [3.8, 4) is 17.3 Å². The highest BCUT2D eigenvalue weighted by Crippen LogP contribution is 2.23. The topological polar surface area (TPSA) is 78.8 Å². The van der Waals surface area contributed by atoms with E-state index in [4.69, 9.17) is 10.00 Å². The van der Waals surface area contributed by atoms with Crippen LogP contribution in [0.2, 0.25) is 0 Å². The van der Waals surface area contributed by atoms with Crippen molar-refractivity contribution < 1.29 is 13.9 Å². The van der Waals surface area contributed by atoms with Gasteiger partial charge < -0.3 is 4.74 Å². The van der Waals surface area contributed by atoms with Crippen LogP contribution in [0.3, 0.4) is 0 Å². The first-order valence-corrected chi connectivity index (χ1v) is 6.63. The van der Waals surface area contributed by atoms with Crippen molar-refractivity contribution in [1.82, 2.24) is 10.2 Å². The molecule has 1 N–H and O–H groups in total. The van der Waals surface area contributed by atoms with E-state index in [1.807, 2.05) is 6.07 Å². The number of ether oxygens (including phenoxy) is 1. The third kappa shape index (κ3) is 3.58. The summed E-state index contributed by atoms with van der Waals surface area (Å²) in [4.78, 5) is 11.8. The van der Waals surface area contributed by atoms with E-state index in [1.54, 1.807) is 26.0 Å². The summed E-state index contributed by atoms with van der Waals surface area (Å²) >= 11 is 0. The summed E-state index contributed by atoms with van der Waals surface area (Å²) in [6.45, 7) is 3.41. The molecular formula is C16H14FN3O2. The molecule has 6 heteroatoms. The highest BCUT2D eigenvalue weighted by Gasteiger charge is 2.14. The van der Waals surface area contributed by atoms with Gasteiger partial charge in [0.15, 0.2) is 0 Å². The number of carbonyl (C=O) groups is 1. The Bertz CT molecular complexity index is 739. The van der Waals surface area contributed by atoms with Crippen molar-refractivity contribution in [1.29, 1.82) is 5.26 Å². The van der Waals surface area contributed by atoms with Crippen LogP contribution < -0.4 is 0 Å². The normalized spacial score (nSPS) is 11.3. The van der Waals surface area contributed by atoms with Gasteiger partial charge in [-0.3, -0.25) is 5.10 Å². The van der Waals surface area contributed by atoms with E-state index in [9.17, 15) is 9.18 Å². The van der Waals surface area contributed by atoms with Gasteiger partial charge in [0.1, 0.15) is 17.5 Å². The molecule has 2 aromatic rings. The van der Waals surface area contributed by atoms with Crippen LogP contribution in [0.15, 0.2) is 36.0 Å². The van der Waals surface area contributed by atoms with E-state index >= 15 is 0 Å². The van der Waals surface area contributed by atoms with Crippen LogP contribution in [0.4, 0.5) is 4.39 Å². The monoisotopic (exact) mass is 299 g/mol. The number of nitriles is 1.